The van der Waals surface area contributed by atoms with E-state index in [2.05, 4.69) is 15.2 Å². The molecule has 6 nitrogen and oxygen atoms in total. The van der Waals surface area contributed by atoms with Crippen LogP contribution in [0.5, 0.6) is 0 Å². The highest BCUT2D eigenvalue weighted by Crippen LogP contribution is 2.37. The van der Waals surface area contributed by atoms with Crippen LogP contribution in [0.3, 0.4) is 0 Å². The fourth-order valence-corrected chi connectivity index (χ4v) is 6.37. The summed E-state index contributed by atoms with van der Waals surface area (Å²) in [5.41, 5.74) is 1.66. The number of carbonyl (C=O) groups excluding carboxylic acids is 1. The SMILES string of the molecule is O=C(Nc1ccccc1)[C@@H]1CCS(=O)(=O)[C@@H]2CN(Cc3ccccn3)C[C@@H]21. The van der Waals surface area contributed by atoms with Crippen LogP contribution in [0.25, 0.3) is 0 Å². The van der Waals surface area contributed by atoms with Gasteiger partial charge in [0.15, 0.2) is 9.84 Å². The fraction of sp³-hybridized carbons (Fsp3) is 0.400. The van der Waals surface area contributed by atoms with Gasteiger partial charge in [-0.15, -0.1) is 0 Å². The van der Waals surface area contributed by atoms with E-state index >= 15 is 0 Å². The van der Waals surface area contributed by atoms with Crippen molar-refractivity contribution >= 4 is 21.4 Å². The second-order valence-electron chi connectivity index (χ2n) is 7.33. The molecular weight excluding hydrogens is 362 g/mol. The van der Waals surface area contributed by atoms with Crippen molar-refractivity contribution in [2.75, 3.05) is 24.2 Å². The molecule has 1 amide bonds. The predicted molar refractivity (Wildman–Crippen MR) is 104 cm³/mol. The van der Waals surface area contributed by atoms with E-state index in [0.717, 1.165) is 11.4 Å². The molecule has 1 aromatic carbocycles. The summed E-state index contributed by atoms with van der Waals surface area (Å²) >= 11 is 0. The largest absolute Gasteiger partial charge is 0.326 e. The number of nitrogens with zero attached hydrogens (tertiary/aromatic N) is 2. The van der Waals surface area contributed by atoms with Crippen molar-refractivity contribution in [3.63, 3.8) is 0 Å². The van der Waals surface area contributed by atoms with Crippen molar-refractivity contribution in [1.29, 1.82) is 0 Å². The van der Waals surface area contributed by atoms with Crippen LogP contribution < -0.4 is 5.32 Å². The van der Waals surface area contributed by atoms with Gasteiger partial charge in [-0.3, -0.25) is 14.7 Å². The van der Waals surface area contributed by atoms with Crippen LogP contribution in [0.2, 0.25) is 0 Å². The minimum Gasteiger partial charge on any atom is -0.326 e. The van der Waals surface area contributed by atoms with E-state index in [1.54, 1.807) is 6.20 Å². The summed E-state index contributed by atoms with van der Waals surface area (Å²) in [6, 6.07) is 15.1. The van der Waals surface area contributed by atoms with Crippen LogP contribution in [0.15, 0.2) is 54.7 Å². The third kappa shape index (κ3) is 3.89. The average Bonchev–Trinajstić information content (AvgIpc) is 3.08. The molecule has 0 bridgehead atoms. The molecule has 2 fully saturated rings. The number of sulfone groups is 1. The molecule has 0 spiro atoms. The lowest BCUT2D eigenvalue weighted by Gasteiger charge is -2.31. The van der Waals surface area contributed by atoms with E-state index in [9.17, 15) is 13.2 Å². The molecule has 2 saturated heterocycles. The lowest BCUT2D eigenvalue weighted by atomic mass is 9.87. The first-order chi connectivity index (χ1) is 13.0. The number of amides is 1. The first-order valence-electron chi connectivity index (χ1n) is 9.23. The Balaban J connectivity index is 1.50. The number of hydrogen-bond acceptors (Lipinski definition) is 5. The number of anilines is 1. The highest BCUT2D eigenvalue weighted by atomic mass is 32.2. The van der Waals surface area contributed by atoms with E-state index in [4.69, 9.17) is 0 Å². The summed E-state index contributed by atoms with van der Waals surface area (Å²) < 4.78 is 25.2. The minimum absolute atomic E-state index is 0.0780. The van der Waals surface area contributed by atoms with Crippen molar-refractivity contribution in [2.24, 2.45) is 11.8 Å². The molecule has 3 heterocycles. The Kier molecular flexibility index (Phi) is 4.97. The van der Waals surface area contributed by atoms with Crippen LogP contribution in [-0.2, 0) is 21.2 Å². The number of nitrogens with one attached hydrogen (secondary N) is 1. The lowest BCUT2D eigenvalue weighted by molar-refractivity contribution is -0.121. The standard InChI is InChI=1S/C20H23N3O3S/c24-20(22-15-6-2-1-3-7-15)17-9-11-27(25,26)19-14-23(13-18(17)19)12-16-8-4-5-10-21-16/h1-8,10,17-19H,9,11-14H2,(H,22,24)/t17-,18-,19-/m1/s1. The molecule has 0 saturated carbocycles. The number of hydrogen-bond donors (Lipinski definition) is 1. The normalized spacial score (nSPS) is 27.0. The zero-order valence-corrected chi connectivity index (χ0v) is 15.8. The zero-order chi connectivity index (χ0) is 18.9. The number of likely N-dealkylation sites (tertiary alicyclic amines) is 1. The van der Waals surface area contributed by atoms with Gasteiger partial charge in [0.1, 0.15) is 0 Å². The molecule has 1 aromatic heterocycles. The zero-order valence-electron chi connectivity index (χ0n) is 15.0. The average molecular weight is 385 g/mol. The molecular formula is C20H23N3O3S. The van der Waals surface area contributed by atoms with Crippen molar-refractivity contribution in [2.45, 2.75) is 18.2 Å². The van der Waals surface area contributed by atoms with Crippen LogP contribution in [0.4, 0.5) is 5.69 Å². The van der Waals surface area contributed by atoms with Crippen molar-refractivity contribution in [3.8, 4) is 0 Å². The van der Waals surface area contributed by atoms with Gasteiger partial charge in [-0.2, -0.15) is 0 Å². The molecule has 0 unspecified atom stereocenters. The van der Waals surface area contributed by atoms with Crippen molar-refractivity contribution < 1.29 is 13.2 Å². The van der Waals surface area contributed by atoms with Crippen LogP contribution in [0.1, 0.15) is 12.1 Å². The van der Waals surface area contributed by atoms with Gasteiger partial charge in [-0.05, 0) is 30.7 Å². The fourth-order valence-electron chi connectivity index (χ4n) is 4.23. The van der Waals surface area contributed by atoms with Gasteiger partial charge in [0, 0.05) is 43.4 Å². The smallest absolute Gasteiger partial charge is 0.227 e. The molecule has 3 atom stereocenters. The maximum atomic E-state index is 12.8. The van der Waals surface area contributed by atoms with E-state index in [0.29, 0.717) is 26.1 Å². The van der Waals surface area contributed by atoms with Crippen molar-refractivity contribution in [1.82, 2.24) is 9.88 Å². The maximum absolute atomic E-state index is 12.8. The molecule has 7 heteroatoms. The van der Waals surface area contributed by atoms with Crippen LogP contribution >= 0.6 is 0 Å². The summed E-state index contributed by atoms with van der Waals surface area (Å²) in [6.45, 7) is 1.68. The molecule has 2 aliphatic rings. The van der Waals surface area contributed by atoms with Crippen LogP contribution in [0, 0.1) is 11.8 Å². The quantitative estimate of drug-likeness (QED) is 0.870. The highest BCUT2D eigenvalue weighted by Gasteiger charge is 2.50. The highest BCUT2D eigenvalue weighted by molar-refractivity contribution is 7.92. The number of fused-ring (bicyclic) bond motifs is 1. The minimum atomic E-state index is -3.17. The number of pyridine rings is 1. The van der Waals surface area contributed by atoms with E-state index in [1.165, 1.54) is 0 Å². The van der Waals surface area contributed by atoms with Gasteiger partial charge in [-0.25, -0.2) is 8.42 Å². The van der Waals surface area contributed by atoms with E-state index in [-0.39, 0.29) is 23.5 Å². The molecule has 142 valence electrons. The number of benzene rings is 1. The lowest BCUT2D eigenvalue weighted by Crippen LogP contribution is -2.45. The first kappa shape index (κ1) is 18.1. The monoisotopic (exact) mass is 385 g/mol. The van der Waals surface area contributed by atoms with Gasteiger partial charge in [-0.1, -0.05) is 24.3 Å². The first-order valence-corrected chi connectivity index (χ1v) is 10.9. The Morgan fingerprint density at radius 1 is 1.11 bits per heavy atom. The Bertz CT molecular complexity index is 903. The molecule has 27 heavy (non-hydrogen) atoms. The summed E-state index contributed by atoms with van der Waals surface area (Å²) in [7, 11) is -3.17. The van der Waals surface area contributed by atoms with Crippen molar-refractivity contribution in [3.05, 3.63) is 60.4 Å². The molecule has 0 aliphatic carbocycles. The predicted octanol–water partition coefficient (Wildman–Crippen LogP) is 1.96. The number of rotatable bonds is 4. The van der Waals surface area contributed by atoms with Crippen LogP contribution in [-0.4, -0.2) is 48.3 Å². The van der Waals surface area contributed by atoms with Gasteiger partial charge in [0.25, 0.3) is 0 Å². The molecule has 2 aliphatic heterocycles. The Morgan fingerprint density at radius 3 is 2.63 bits per heavy atom. The topological polar surface area (TPSA) is 79.4 Å². The van der Waals surface area contributed by atoms with Gasteiger partial charge in [0.2, 0.25) is 5.91 Å². The summed E-state index contributed by atoms with van der Waals surface area (Å²) in [4.78, 5) is 19.3. The molecule has 2 aromatic rings. The Hall–Kier alpha value is -2.25. The third-order valence-electron chi connectivity index (χ3n) is 5.57. The number of para-hydroxylation sites is 1. The number of carbonyl (C=O) groups is 1. The Morgan fingerprint density at radius 2 is 1.89 bits per heavy atom. The van der Waals surface area contributed by atoms with Gasteiger partial charge < -0.3 is 5.32 Å². The molecule has 4 rings (SSSR count). The number of aromatic nitrogens is 1. The van der Waals surface area contributed by atoms with Gasteiger partial charge >= 0.3 is 0 Å². The molecule has 1 N–H and O–H groups in total. The summed E-state index contributed by atoms with van der Waals surface area (Å²) in [5.74, 6) is -0.451. The van der Waals surface area contributed by atoms with E-state index in [1.807, 2.05) is 48.5 Å². The molecule has 0 radical (unpaired) electrons. The maximum Gasteiger partial charge on any atom is 0.227 e. The summed E-state index contributed by atoms with van der Waals surface area (Å²) in [6.07, 6.45) is 2.13. The van der Waals surface area contributed by atoms with E-state index < -0.39 is 15.1 Å². The van der Waals surface area contributed by atoms with Gasteiger partial charge in [0.05, 0.1) is 16.7 Å². The third-order valence-corrected chi connectivity index (χ3v) is 7.79. The second kappa shape index (κ2) is 7.40. The second-order valence-corrected chi connectivity index (χ2v) is 9.67. The Labute approximate surface area is 159 Å². The summed E-state index contributed by atoms with van der Waals surface area (Å²) in [5, 5.41) is 2.48.